The van der Waals surface area contributed by atoms with Gasteiger partial charge in [0.15, 0.2) is 0 Å². The van der Waals surface area contributed by atoms with Crippen LogP contribution in [0, 0.1) is 19.8 Å². The first-order chi connectivity index (χ1) is 11.1. The van der Waals surface area contributed by atoms with Crippen LogP contribution in [-0.2, 0) is 17.8 Å². The molecule has 2 aromatic rings. The van der Waals surface area contributed by atoms with E-state index in [2.05, 4.69) is 22.1 Å². The highest BCUT2D eigenvalue weighted by Crippen LogP contribution is 2.20. The second-order valence-electron chi connectivity index (χ2n) is 6.42. The second-order valence-corrected chi connectivity index (χ2v) is 6.42. The zero-order valence-electron chi connectivity index (χ0n) is 13.9. The summed E-state index contributed by atoms with van der Waals surface area (Å²) in [6, 6.07) is 6.17. The first-order valence-electron chi connectivity index (χ1n) is 8.30. The number of pyridine rings is 1. The third-order valence-electron chi connectivity index (χ3n) is 4.54. The highest BCUT2D eigenvalue weighted by atomic mass is 16.2. The maximum atomic E-state index is 12.5. The van der Waals surface area contributed by atoms with Gasteiger partial charge in [0.25, 0.3) is 0 Å². The summed E-state index contributed by atoms with van der Waals surface area (Å²) in [6.45, 7) is 6.04. The van der Waals surface area contributed by atoms with Gasteiger partial charge in [-0.2, -0.15) is 0 Å². The second kappa shape index (κ2) is 6.94. The van der Waals surface area contributed by atoms with E-state index in [9.17, 15) is 4.79 Å². The van der Waals surface area contributed by atoms with Gasteiger partial charge >= 0.3 is 0 Å². The van der Waals surface area contributed by atoms with Crippen molar-refractivity contribution in [1.29, 1.82) is 0 Å². The van der Waals surface area contributed by atoms with Crippen molar-refractivity contribution in [3.8, 4) is 0 Å². The average molecular weight is 312 g/mol. The minimum Gasteiger partial charge on any atom is -0.341 e. The Bertz CT molecular complexity index is 679. The van der Waals surface area contributed by atoms with E-state index in [-0.39, 0.29) is 5.91 Å². The van der Waals surface area contributed by atoms with Gasteiger partial charge in [0.05, 0.1) is 0 Å². The lowest BCUT2D eigenvalue weighted by Crippen LogP contribution is -2.42. The van der Waals surface area contributed by atoms with Crippen molar-refractivity contribution in [2.24, 2.45) is 5.92 Å². The van der Waals surface area contributed by atoms with Crippen LogP contribution in [0.1, 0.15) is 30.1 Å². The zero-order chi connectivity index (χ0) is 16.2. The Labute approximate surface area is 137 Å². The van der Waals surface area contributed by atoms with E-state index in [0.717, 1.165) is 43.1 Å². The molecule has 3 heterocycles. The van der Waals surface area contributed by atoms with Crippen LogP contribution < -0.4 is 0 Å². The number of nitrogens with zero attached hydrogens (tertiary/aromatic N) is 4. The summed E-state index contributed by atoms with van der Waals surface area (Å²) in [7, 11) is 0. The summed E-state index contributed by atoms with van der Waals surface area (Å²) in [5, 5.41) is 0. The van der Waals surface area contributed by atoms with E-state index in [1.807, 2.05) is 35.6 Å². The lowest BCUT2D eigenvalue weighted by atomic mass is 9.93. The summed E-state index contributed by atoms with van der Waals surface area (Å²) in [5.41, 5.74) is 2.19. The van der Waals surface area contributed by atoms with Crippen LogP contribution >= 0.6 is 0 Å². The first kappa shape index (κ1) is 15.7. The number of amides is 1. The van der Waals surface area contributed by atoms with Gasteiger partial charge in [0, 0.05) is 36.9 Å². The molecule has 1 aliphatic heterocycles. The van der Waals surface area contributed by atoms with Crippen molar-refractivity contribution >= 4 is 5.91 Å². The van der Waals surface area contributed by atoms with Gasteiger partial charge in [-0.3, -0.25) is 9.78 Å². The largest absolute Gasteiger partial charge is 0.341 e. The van der Waals surface area contributed by atoms with E-state index in [1.165, 1.54) is 6.42 Å². The van der Waals surface area contributed by atoms with Gasteiger partial charge in [0.1, 0.15) is 12.4 Å². The molecule has 0 bridgehead atoms. The van der Waals surface area contributed by atoms with Gasteiger partial charge in [0.2, 0.25) is 5.91 Å². The van der Waals surface area contributed by atoms with Crippen molar-refractivity contribution in [2.45, 2.75) is 39.7 Å². The summed E-state index contributed by atoms with van der Waals surface area (Å²) in [6.07, 6.45) is 6.81. The monoisotopic (exact) mass is 312 g/mol. The number of rotatable bonds is 4. The van der Waals surface area contributed by atoms with Crippen molar-refractivity contribution in [3.05, 3.63) is 47.8 Å². The van der Waals surface area contributed by atoms with Gasteiger partial charge < -0.3 is 9.47 Å². The maximum absolute atomic E-state index is 12.5. The Hall–Kier alpha value is -2.17. The molecule has 0 aromatic carbocycles. The van der Waals surface area contributed by atoms with Crippen LogP contribution in [0.5, 0.6) is 0 Å². The number of piperidine rings is 1. The standard InChI is InChI=1S/C18H24N4O/c1-14-5-3-7-17(20-14)11-16-6-4-9-22(12-16)18(23)13-21-10-8-19-15(21)2/h3,5,7-8,10,16H,4,6,9,11-13H2,1-2H3/t16-/m0/s1. The Morgan fingerprint density at radius 2 is 2.22 bits per heavy atom. The average Bonchev–Trinajstić information content (AvgIpc) is 2.93. The highest BCUT2D eigenvalue weighted by Gasteiger charge is 2.24. The molecule has 1 saturated heterocycles. The third kappa shape index (κ3) is 3.97. The van der Waals surface area contributed by atoms with E-state index in [0.29, 0.717) is 12.5 Å². The minimum absolute atomic E-state index is 0.188. The number of hydrogen-bond acceptors (Lipinski definition) is 3. The molecule has 1 atom stereocenters. The summed E-state index contributed by atoms with van der Waals surface area (Å²) in [4.78, 5) is 23.3. The summed E-state index contributed by atoms with van der Waals surface area (Å²) >= 11 is 0. The van der Waals surface area contributed by atoms with Crippen LogP contribution in [-0.4, -0.2) is 38.4 Å². The SMILES string of the molecule is Cc1cccc(C[C@@H]2CCCN(C(=O)Cn3ccnc3C)C2)n1. The lowest BCUT2D eigenvalue weighted by Gasteiger charge is -2.33. The molecule has 0 N–H and O–H groups in total. The maximum Gasteiger partial charge on any atom is 0.242 e. The number of hydrogen-bond donors (Lipinski definition) is 0. The van der Waals surface area contributed by atoms with Gasteiger partial charge in [-0.1, -0.05) is 6.07 Å². The lowest BCUT2D eigenvalue weighted by molar-refractivity contribution is -0.133. The highest BCUT2D eigenvalue weighted by molar-refractivity contribution is 5.76. The zero-order valence-corrected chi connectivity index (χ0v) is 13.9. The van der Waals surface area contributed by atoms with Crippen LogP contribution in [0.25, 0.3) is 0 Å². The van der Waals surface area contributed by atoms with E-state index in [4.69, 9.17) is 0 Å². The predicted molar refractivity (Wildman–Crippen MR) is 88.9 cm³/mol. The van der Waals surface area contributed by atoms with E-state index >= 15 is 0 Å². The molecule has 3 rings (SSSR count). The fourth-order valence-electron chi connectivity index (χ4n) is 3.28. The Morgan fingerprint density at radius 1 is 1.35 bits per heavy atom. The Balaban J connectivity index is 1.59. The molecule has 2 aromatic heterocycles. The molecule has 0 spiro atoms. The molecular weight excluding hydrogens is 288 g/mol. The predicted octanol–water partition coefficient (Wildman–Crippen LogP) is 2.38. The molecule has 0 radical (unpaired) electrons. The molecule has 0 saturated carbocycles. The fraction of sp³-hybridized carbons (Fsp3) is 0.500. The number of aromatic nitrogens is 3. The minimum atomic E-state index is 0.188. The number of likely N-dealkylation sites (tertiary alicyclic amines) is 1. The quantitative estimate of drug-likeness (QED) is 0.871. The number of aryl methyl sites for hydroxylation is 2. The molecular formula is C18H24N4O. The van der Waals surface area contributed by atoms with Crippen molar-refractivity contribution < 1.29 is 4.79 Å². The molecule has 122 valence electrons. The fourth-order valence-corrected chi connectivity index (χ4v) is 3.28. The first-order valence-corrected chi connectivity index (χ1v) is 8.30. The molecule has 5 heteroatoms. The number of carbonyl (C=O) groups excluding carboxylic acids is 1. The van der Waals surface area contributed by atoms with E-state index in [1.54, 1.807) is 6.20 Å². The molecule has 5 nitrogen and oxygen atoms in total. The van der Waals surface area contributed by atoms with Crippen LogP contribution in [0.4, 0.5) is 0 Å². The number of imidazole rings is 1. The summed E-state index contributed by atoms with van der Waals surface area (Å²) < 4.78 is 1.91. The van der Waals surface area contributed by atoms with Gasteiger partial charge in [-0.05, 0) is 51.2 Å². The molecule has 23 heavy (non-hydrogen) atoms. The normalized spacial score (nSPS) is 18.2. The van der Waals surface area contributed by atoms with Gasteiger partial charge in [-0.25, -0.2) is 4.98 Å². The van der Waals surface area contributed by atoms with Crippen LogP contribution in [0.3, 0.4) is 0 Å². The molecule has 0 unspecified atom stereocenters. The van der Waals surface area contributed by atoms with Crippen molar-refractivity contribution in [2.75, 3.05) is 13.1 Å². The smallest absolute Gasteiger partial charge is 0.242 e. The van der Waals surface area contributed by atoms with Crippen molar-refractivity contribution in [3.63, 3.8) is 0 Å². The number of carbonyl (C=O) groups is 1. The molecule has 1 fully saturated rings. The van der Waals surface area contributed by atoms with E-state index < -0.39 is 0 Å². The van der Waals surface area contributed by atoms with Crippen LogP contribution in [0.2, 0.25) is 0 Å². The Kier molecular flexibility index (Phi) is 4.74. The topological polar surface area (TPSA) is 51.0 Å². The van der Waals surface area contributed by atoms with Gasteiger partial charge in [-0.15, -0.1) is 0 Å². The molecule has 1 amide bonds. The Morgan fingerprint density at radius 3 is 2.96 bits per heavy atom. The third-order valence-corrected chi connectivity index (χ3v) is 4.54. The van der Waals surface area contributed by atoms with Crippen LogP contribution in [0.15, 0.2) is 30.6 Å². The summed E-state index contributed by atoms with van der Waals surface area (Å²) in [5.74, 6) is 1.58. The van der Waals surface area contributed by atoms with Crippen molar-refractivity contribution in [1.82, 2.24) is 19.4 Å². The molecule has 1 aliphatic rings. The molecule has 0 aliphatic carbocycles.